The number of hydrogen-bond acceptors (Lipinski definition) is 2. The third-order valence-electron chi connectivity index (χ3n) is 3.39. The van der Waals surface area contributed by atoms with Gasteiger partial charge in [0.15, 0.2) is 0 Å². The van der Waals surface area contributed by atoms with Crippen molar-refractivity contribution in [1.82, 2.24) is 4.31 Å². The van der Waals surface area contributed by atoms with E-state index in [0.29, 0.717) is 23.2 Å². The number of sulfonamides is 1. The van der Waals surface area contributed by atoms with Gasteiger partial charge in [-0.05, 0) is 30.5 Å². The van der Waals surface area contributed by atoms with Crippen LogP contribution in [-0.2, 0) is 10.0 Å². The van der Waals surface area contributed by atoms with Crippen LogP contribution in [0, 0.1) is 5.92 Å². The Bertz CT molecular complexity index is 535. The van der Waals surface area contributed by atoms with Crippen LogP contribution in [-0.4, -0.2) is 31.2 Å². The van der Waals surface area contributed by atoms with Crippen LogP contribution in [0.2, 0.25) is 0 Å². The molecular formula is C12H15BrClNO2S. The molecule has 1 saturated heterocycles. The van der Waals surface area contributed by atoms with E-state index in [1.165, 1.54) is 4.31 Å². The Morgan fingerprint density at radius 1 is 1.50 bits per heavy atom. The predicted octanol–water partition coefficient (Wildman–Crippen LogP) is 3.09. The lowest BCUT2D eigenvalue weighted by molar-refractivity contribution is 0.375. The molecule has 0 aromatic heterocycles. The van der Waals surface area contributed by atoms with Gasteiger partial charge in [-0.3, -0.25) is 0 Å². The molecule has 6 heteroatoms. The van der Waals surface area contributed by atoms with Crippen molar-refractivity contribution in [2.75, 3.05) is 12.4 Å². The molecule has 1 heterocycles. The zero-order valence-electron chi connectivity index (χ0n) is 10.0. The maximum atomic E-state index is 12.5. The molecule has 0 N–H and O–H groups in total. The molecule has 1 aliphatic heterocycles. The first-order valence-corrected chi connectivity index (χ1v) is 8.57. The minimum absolute atomic E-state index is 0.101. The van der Waals surface area contributed by atoms with E-state index < -0.39 is 10.0 Å². The fourth-order valence-corrected chi connectivity index (χ4v) is 5.15. The van der Waals surface area contributed by atoms with Crippen LogP contribution in [0.25, 0.3) is 0 Å². The van der Waals surface area contributed by atoms with E-state index in [1.807, 2.05) is 13.0 Å². The summed E-state index contributed by atoms with van der Waals surface area (Å²) in [6, 6.07) is 6.69. The Hall–Kier alpha value is -0.100. The van der Waals surface area contributed by atoms with Gasteiger partial charge in [-0.25, -0.2) is 8.42 Å². The molecule has 1 aliphatic rings. The molecule has 1 fully saturated rings. The number of nitrogens with zero attached hydrogens (tertiary/aromatic N) is 1. The number of rotatable bonds is 3. The van der Waals surface area contributed by atoms with Gasteiger partial charge in [-0.15, -0.1) is 11.6 Å². The lowest BCUT2D eigenvalue weighted by Crippen LogP contribution is -2.38. The number of alkyl halides is 1. The largest absolute Gasteiger partial charge is 0.243 e. The van der Waals surface area contributed by atoms with Crippen LogP contribution >= 0.6 is 27.5 Å². The average molecular weight is 353 g/mol. The van der Waals surface area contributed by atoms with Crippen molar-refractivity contribution in [2.24, 2.45) is 5.92 Å². The Morgan fingerprint density at radius 3 is 2.83 bits per heavy atom. The summed E-state index contributed by atoms with van der Waals surface area (Å²) in [7, 11) is -3.44. The van der Waals surface area contributed by atoms with Crippen LogP contribution in [0.15, 0.2) is 33.6 Å². The van der Waals surface area contributed by atoms with Gasteiger partial charge in [0, 0.05) is 22.9 Å². The normalized spacial score (nSPS) is 25.5. The second kappa shape index (κ2) is 5.49. The molecule has 0 saturated carbocycles. The molecule has 0 aliphatic carbocycles. The van der Waals surface area contributed by atoms with Crippen molar-refractivity contribution < 1.29 is 8.42 Å². The average Bonchev–Trinajstić information content (AvgIpc) is 2.71. The number of hydrogen-bond donors (Lipinski definition) is 0. The van der Waals surface area contributed by atoms with E-state index in [9.17, 15) is 8.42 Å². The van der Waals surface area contributed by atoms with Crippen LogP contribution < -0.4 is 0 Å². The number of halogens is 2. The zero-order chi connectivity index (χ0) is 13.3. The summed E-state index contributed by atoms with van der Waals surface area (Å²) in [6.45, 7) is 2.59. The van der Waals surface area contributed by atoms with E-state index in [4.69, 9.17) is 11.6 Å². The Balaban J connectivity index is 2.37. The van der Waals surface area contributed by atoms with E-state index in [-0.39, 0.29) is 6.04 Å². The summed E-state index contributed by atoms with van der Waals surface area (Å²) in [5.41, 5.74) is 0. The second-order valence-electron chi connectivity index (χ2n) is 4.56. The lowest BCUT2D eigenvalue weighted by Gasteiger charge is -2.24. The Labute approximate surface area is 121 Å². The Kier molecular flexibility index (Phi) is 4.36. The standard InChI is InChI=1S/C12H15BrClNO2S/c1-9-5-6-15(12(9)8-14)18(16,17)11-4-2-3-10(13)7-11/h2-4,7,9,12H,5-6,8H2,1H3. The molecule has 0 radical (unpaired) electrons. The van der Waals surface area contributed by atoms with Crippen molar-refractivity contribution in [1.29, 1.82) is 0 Å². The van der Waals surface area contributed by atoms with Gasteiger partial charge in [0.05, 0.1) is 4.90 Å². The van der Waals surface area contributed by atoms with Crippen molar-refractivity contribution in [3.63, 3.8) is 0 Å². The van der Waals surface area contributed by atoms with Crippen molar-refractivity contribution in [2.45, 2.75) is 24.3 Å². The summed E-state index contributed by atoms with van der Waals surface area (Å²) in [4.78, 5) is 0.320. The van der Waals surface area contributed by atoms with Crippen LogP contribution in [0.4, 0.5) is 0 Å². The monoisotopic (exact) mass is 351 g/mol. The summed E-state index contributed by atoms with van der Waals surface area (Å²) >= 11 is 9.21. The maximum absolute atomic E-state index is 12.5. The van der Waals surface area contributed by atoms with E-state index in [1.54, 1.807) is 18.2 Å². The molecule has 1 aromatic rings. The van der Waals surface area contributed by atoms with Crippen molar-refractivity contribution in [3.05, 3.63) is 28.7 Å². The number of benzene rings is 1. The highest BCUT2D eigenvalue weighted by atomic mass is 79.9. The van der Waals surface area contributed by atoms with Gasteiger partial charge in [0.25, 0.3) is 0 Å². The zero-order valence-corrected chi connectivity index (χ0v) is 13.2. The topological polar surface area (TPSA) is 37.4 Å². The van der Waals surface area contributed by atoms with Crippen LogP contribution in [0.5, 0.6) is 0 Å². The molecule has 2 rings (SSSR count). The summed E-state index contributed by atoms with van der Waals surface area (Å²) in [6.07, 6.45) is 0.866. The minimum atomic E-state index is -3.44. The molecule has 100 valence electrons. The van der Waals surface area contributed by atoms with Crippen molar-refractivity contribution >= 4 is 37.6 Å². The second-order valence-corrected chi connectivity index (χ2v) is 7.68. The third-order valence-corrected chi connectivity index (χ3v) is 6.12. The molecule has 18 heavy (non-hydrogen) atoms. The quantitative estimate of drug-likeness (QED) is 0.784. The first-order valence-electron chi connectivity index (χ1n) is 5.80. The summed E-state index contributed by atoms with van der Waals surface area (Å²) in [5.74, 6) is 0.651. The maximum Gasteiger partial charge on any atom is 0.243 e. The van der Waals surface area contributed by atoms with Gasteiger partial charge in [0.1, 0.15) is 0 Å². The smallest absolute Gasteiger partial charge is 0.207 e. The molecule has 2 atom stereocenters. The van der Waals surface area contributed by atoms with Gasteiger partial charge in [-0.2, -0.15) is 4.31 Å². The van der Waals surface area contributed by atoms with Gasteiger partial charge in [-0.1, -0.05) is 28.9 Å². The van der Waals surface area contributed by atoms with E-state index in [2.05, 4.69) is 15.9 Å². The highest BCUT2D eigenvalue weighted by Crippen LogP contribution is 2.31. The highest BCUT2D eigenvalue weighted by molar-refractivity contribution is 9.10. The molecule has 2 unspecified atom stereocenters. The van der Waals surface area contributed by atoms with Gasteiger partial charge >= 0.3 is 0 Å². The van der Waals surface area contributed by atoms with Crippen LogP contribution in [0.1, 0.15) is 13.3 Å². The SMILES string of the molecule is CC1CCN(S(=O)(=O)c2cccc(Br)c2)C1CCl. The molecule has 1 aromatic carbocycles. The Morgan fingerprint density at radius 2 is 2.22 bits per heavy atom. The van der Waals surface area contributed by atoms with Gasteiger partial charge in [0.2, 0.25) is 10.0 Å². The third kappa shape index (κ3) is 2.59. The molecule has 0 spiro atoms. The fourth-order valence-electron chi connectivity index (χ4n) is 2.26. The molecular weight excluding hydrogens is 338 g/mol. The predicted molar refractivity (Wildman–Crippen MR) is 76.3 cm³/mol. The first-order chi connectivity index (χ1) is 8.46. The van der Waals surface area contributed by atoms with E-state index >= 15 is 0 Å². The van der Waals surface area contributed by atoms with Gasteiger partial charge < -0.3 is 0 Å². The fraction of sp³-hybridized carbons (Fsp3) is 0.500. The summed E-state index contributed by atoms with van der Waals surface area (Å²) < 4.78 is 27.4. The minimum Gasteiger partial charge on any atom is -0.207 e. The molecule has 0 bridgehead atoms. The molecule has 3 nitrogen and oxygen atoms in total. The van der Waals surface area contributed by atoms with E-state index in [0.717, 1.165) is 10.9 Å². The van der Waals surface area contributed by atoms with Crippen LogP contribution in [0.3, 0.4) is 0 Å². The highest BCUT2D eigenvalue weighted by Gasteiger charge is 2.38. The molecule has 0 amide bonds. The summed E-state index contributed by atoms with van der Waals surface area (Å²) in [5, 5.41) is 0. The lowest BCUT2D eigenvalue weighted by atomic mass is 10.1. The van der Waals surface area contributed by atoms with Crippen molar-refractivity contribution in [3.8, 4) is 0 Å². The first kappa shape index (κ1) is 14.3.